The third-order valence-corrected chi connectivity index (χ3v) is 3.43. The van der Waals surface area contributed by atoms with Crippen molar-refractivity contribution in [3.05, 3.63) is 12.2 Å². The number of likely N-dealkylation sites (N-methyl/N-ethyl adjacent to an activating group) is 1. The summed E-state index contributed by atoms with van der Waals surface area (Å²) in [6.07, 6.45) is 6.58. The van der Waals surface area contributed by atoms with E-state index in [1.165, 1.54) is 0 Å². The highest BCUT2D eigenvalue weighted by Gasteiger charge is 2.30. The van der Waals surface area contributed by atoms with Gasteiger partial charge in [0.2, 0.25) is 0 Å². The number of ether oxygens (including phenoxy) is 1. The van der Waals surface area contributed by atoms with Gasteiger partial charge in [0, 0.05) is 6.32 Å². The molecule has 0 aromatic heterocycles. The van der Waals surface area contributed by atoms with Gasteiger partial charge < -0.3 is 14.0 Å². The Morgan fingerprint density at radius 3 is 2.32 bits per heavy atom. The lowest BCUT2D eigenvalue weighted by atomic mass is 9.84. The first-order valence-electron chi connectivity index (χ1n) is 8.58. The molecule has 0 bridgehead atoms. The van der Waals surface area contributed by atoms with Crippen LogP contribution in [0.3, 0.4) is 0 Å². The van der Waals surface area contributed by atoms with Crippen LogP contribution in [-0.2, 0) is 28.4 Å². The number of carbonyl (C=O) groups is 3. The van der Waals surface area contributed by atoms with Crippen LogP contribution < -0.4 is 0 Å². The zero-order chi connectivity index (χ0) is 18.9. The lowest BCUT2D eigenvalue weighted by Crippen LogP contribution is -2.42. The van der Waals surface area contributed by atoms with Crippen molar-refractivity contribution in [2.45, 2.75) is 46.4 Å². The monoisotopic (exact) mass is 353 g/mol. The Hall–Kier alpha value is -1.83. The average Bonchev–Trinajstić information content (AvgIpc) is 2.46. The molecule has 140 valence electrons. The Bertz CT molecular complexity index is 480. The second-order valence-electron chi connectivity index (χ2n) is 7.17. The van der Waals surface area contributed by atoms with Crippen LogP contribution in [-0.4, -0.2) is 56.7 Å². The predicted octanol–water partition coefficient (Wildman–Crippen LogP) is 1.82. The van der Waals surface area contributed by atoms with Gasteiger partial charge in [0.1, 0.15) is 0 Å². The summed E-state index contributed by atoms with van der Waals surface area (Å²) in [6.45, 7) is 6.03. The van der Waals surface area contributed by atoms with Crippen molar-refractivity contribution < 1.29 is 28.4 Å². The standard InChI is InChI=1S/C17H28BNO6/c1-17(2,3)16(22)23-11-9-7-5-6-8-10-18-24-14(20)12-19(4)13-15(21)25-18/h6,8H,5,7,9-13H2,1-4H3. The number of esters is 1. The van der Waals surface area contributed by atoms with Crippen molar-refractivity contribution in [1.29, 1.82) is 0 Å². The summed E-state index contributed by atoms with van der Waals surface area (Å²) < 4.78 is 15.4. The van der Waals surface area contributed by atoms with Gasteiger partial charge in [0.15, 0.2) is 0 Å². The van der Waals surface area contributed by atoms with E-state index < -0.39 is 24.5 Å². The maximum atomic E-state index is 11.6. The van der Waals surface area contributed by atoms with E-state index in [1.54, 1.807) is 11.9 Å². The van der Waals surface area contributed by atoms with E-state index >= 15 is 0 Å². The van der Waals surface area contributed by atoms with Crippen molar-refractivity contribution in [2.75, 3.05) is 26.7 Å². The zero-order valence-electron chi connectivity index (χ0n) is 15.6. The summed E-state index contributed by atoms with van der Waals surface area (Å²) in [5.41, 5.74) is -0.471. The highest BCUT2D eigenvalue weighted by atomic mass is 16.6. The molecule has 0 atom stereocenters. The molecular weight excluding hydrogens is 325 g/mol. The van der Waals surface area contributed by atoms with E-state index in [9.17, 15) is 14.4 Å². The van der Waals surface area contributed by atoms with Crippen LogP contribution in [0.4, 0.5) is 0 Å². The van der Waals surface area contributed by atoms with Gasteiger partial charge in [-0.15, -0.1) is 0 Å². The number of unbranched alkanes of at least 4 members (excludes halogenated alkanes) is 2. The molecule has 1 saturated heterocycles. The fourth-order valence-electron chi connectivity index (χ4n) is 2.06. The molecule has 0 N–H and O–H groups in total. The smallest absolute Gasteiger partial charge is 0.498 e. The molecule has 1 heterocycles. The highest BCUT2D eigenvalue weighted by Crippen LogP contribution is 2.15. The quantitative estimate of drug-likeness (QED) is 0.299. The number of nitrogens with zero attached hydrogens (tertiary/aromatic N) is 1. The van der Waals surface area contributed by atoms with E-state index in [0.717, 1.165) is 19.3 Å². The van der Waals surface area contributed by atoms with Crippen molar-refractivity contribution in [1.82, 2.24) is 4.90 Å². The Morgan fingerprint density at radius 1 is 1.16 bits per heavy atom. The summed E-state index contributed by atoms with van der Waals surface area (Å²) in [4.78, 5) is 36.3. The molecule has 25 heavy (non-hydrogen) atoms. The molecule has 0 unspecified atom stereocenters. The normalized spacial score (nSPS) is 17.0. The first-order valence-corrected chi connectivity index (χ1v) is 8.58. The predicted molar refractivity (Wildman–Crippen MR) is 93.6 cm³/mol. The summed E-state index contributed by atoms with van der Waals surface area (Å²) in [5, 5.41) is 0. The molecule has 1 rings (SSSR count). The Balaban J connectivity index is 2.19. The molecule has 0 radical (unpaired) electrons. The molecule has 0 aromatic rings. The lowest BCUT2D eigenvalue weighted by molar-refractivity contribution is -0.153. The summed E-state index contributed by atoms with van der Waals surface area (Å²) in [6, 6.07) is 0. The average molecular weight is 353 g/mol. The molecule has 1 fully saturated rings. The first kappa shape index (κ1) is 21.2. The van der Waals surface area contributed by atoms with Crippen LogP contribution in [0, 0.1) is 5.41 Å². The van der Waals surface area contributed by atoms with Gasteiger partial charge in [-0.1, -0.05) is 12.2 Å². The highest BCUT2D eigenvalue weighted by molar-refractivity contribution is 6.49. The van der Waals surface area contributed by atoms with Gasteiger partial charge in [-0.25, -0.2) is 0 Å². The second-order valence-corrected chi connectivity index (χ2v) is 7.17. The van der Waals surface area contributed by atoms with Gasteiger partial charge in [0.25, 0.3) is 0 Å². The van der Waals surface area contributed by atoms with Crippen LogP contribution in [0.2, 0.25) is 6.32 Å². The number of carbonyl (C=O) groups excluding carboxylic acids is 3. The zero-order valence-corrected chi connectivity index (χ0v) is 15.6. The molecule has 0 aromatic carbocycles. The molecule has 7 nitrogen and oxygen atoms in total. The molecule has 0 amide bonds. The number of allylic oxidation sites excluding steroid dienone is 2. The molecule has 0 saturated carbocycles. The van der Waals surface area contributed by atoms with E-state index in [1.807, 2.05) is 32.9 Å². The van der Waals surface area contributed by atoms with Crippen LogP contribution in [0.5, 0.6) is 0 Å². The van der Waals surface area contributed by atoms with Crippen molar-refractivity contribution in [2.24, 2.45) is 5.41 Å². The summed E-state index contributed by atoms with van der Waals surface area (Å²) in [7, 11) is 0.791. The lowest BCUT2D eigenvalue weighted by Gasteiger charge is -2.21. The van der Waals surface area contributed by atoms with Crippen LogP contribution >= 0.6 is 0 Å². The summed E-state index contributed by atoms with van der Waals surface area (Å²) in [5.74, 6) is -1.01. The largest absolute Gasteiger partial charge is 0.602 e. The van der Waals surface area contributed by atoms with Gasteiger partial charge in [-0.05, 0) is 47.1 Å². The molecule has 0 aliphatic carbocycles. The fraction of sp³-hybridized carbons (Fsp3) is 0.706. The van der Waals surface area contributed by atoms with Gasteiger partial charge in [0.05, 0.1) is 25.1 Å². The van der Waals surface area contributed by atoms with E-state index in [0.29, 0.717) is 12.9 Å². The first-order chi connectivity index (χ1) is 11.7. The summed E-state index contributed by atoms with van der Waals surface area (Å²) >= 11 is 0. The fourth-order valence-corrected chi connectivity index (χ4v) is 2.06. The van der Waals surface area contributed by atoms with Gasteiger partial charge >= 0.3 is 25.0 Å². The van der Waals surface area contributed by atoms with Crippen molar-refractivity contribution >= 4 is 25.0 Å². The maximum absolute atomic E-state index is 11.6. The van der Waals surface area contributed by atoms with Gasteiger partial charge in [-0.3, -0.25) is 19.3 Å². The number of hydrogen-bond donors (Lipinski definition) is 0. The minimum Gasteiger partial charge on any atom is -0.498 e. The van der Waals surface area contributed by atoms with Crippen molar-refractivity contribution in [3.8, 4) is 0 Å². The molecule has 1 aliphatic rings. The van der Waals surface area contributed by atoms with Crippen molar-refractivity contribution in [3.63, 3.8) is 0 Å². The van der Waals surface area contributed by atoms with Crippen LogP contribution in [0.25, 0.3) is 0 Å². The minimum absolute atomic E-state index is 0.0720. The number of rotatable bonds is 7. The third kappa shape index (κ3) is 9.29. The van der Waals surface area contributed by atoms with E-state index in [2.05, 4.69) is 0 Å². The molecule has 0 spiro atoms. The molecular formula is C17H28BNO6. The SMILES string of the molecule is CN1CC(=O)OB(CC=CCCCCOC(=O)C(C)(C)C)OC(=O)C1. The second kappa shape index (κ2) is 10.2. The Morgan fingerprint density at radius 2 is 1.76 bits per heavy atom. The van der Waals surface area contributed by atoms with E-state index in [-0.39, 0.29) is 19.1 Å². The Kier molecular flexibility index (Phi) is 8.68. The number of hydrogen-bond acceptors (Lipinski definition) is 7. The van der Waals surface area contributed by atoms with Crippen LogP contribution in [0.1, 0.15) is 40.0 Å². The molecule has 1 aliphatic heterocycles. The molecule has 8 heteroatoms. The Labute approximate surface area is 149 Å². The van der Waals surface area contributed by atoms with Crippen LogP contribution in [0.15, 0.2) is 12.2 Å². The van der Waals surface area contributed by atoms with E-state index in [4.69, 9.17) is 14.0 Å². The minimum atomic E-state index is -0.863. The topological polar surface area (TPSA) is 82.1 Å². The third-order valence-electron chi connectivity index (χ3n) is 3.43. The maximum Gasteiger partial charge on any atom is 0.602 e. The van der Waals surface area contributed by atoms with Gasteiger partial charge in [-0.2, -0.15) is 0 Å².